The fourth-order valence-electron chi connectivity index (χ4n) is 1.56. The van der Waals surface area contributed by atoms with Crippen LogP contribution < -0.4 is 5.73 Å². The van der Waals surface area contributed by atoms with E-state index in [9.17, 15) is 13.2 Å². The molecule has 0 aliphatic heterocycles. The summed E-state index contributed by atoms with van der Waals surface area (Å²) in [4.78, 5) is 0. The Balaban J connectivity index is 3.05. The lowest BCUT2D eigenvalue weighted by Gasteiger charge is -2.16. The van der Waals surface area contributed by atoms with Gasteiger partial charge in [0.1, 0.15) is 11.2 Å². The van der Waals surface area contributed by atoms with Crippen molar-refractivity contribution in [2.45, 2.75) is 38.4 Å². The Bertz CT molecular complexity index is 398. The van der Waals surface area contributed by atoms with Gasteiger partial charge in [0.2, 0.25) is 0 Å². The number of alkyl halides is 3. The lowest BCUT2D eigenvalue weighted by molar-refractivity contribution is -0.147. The molecule has 1 unspecified atom stereocenters. The third-order valence-corrected chi connectivity index (χ3v) is 2.96. The monoisotopic (exact) mass is 269 g/mol. The van der Waals surface area contributed by atoms with Crippen molar-refractivity contribution in [2.75, 3.05) is 0 Å². The Morgan fingerprint density at radius 1 is 1.41 bits per heavy atom. The van der Waals surface area contributed by atoms with Crippen molar-refractivity contribution in [3.63, 3.8) is 0 Å². The van der Waals surface area contributed by atoms with E-state index in [-0.39, 0.29) is 17.5 Å². The molecule has 1 heterocycles. The third-order valence-electron chi connectivity index (χ3n) is 2.49. The summed E-state index contributed by atoms with van der Waals surface area (Å²) in [6.07, 6.45) is -4.77. The van der Waals surface area contributed by atoms with Crippen LogP contribution in [0.1, 0.15) is 31.0 Å². The summed E-state index contributed by atoms with van der Waals surface area (Å²) in [5.41, 5.74) is 6.06. The molecular formula is C10H15ClF3N3. The Labute approximate surface area is 103 Å². The molecule has 0 saturated heterocycles. The summed E-state index contributed by atoms with van der Waals surface area (Å²) in [6.45, 7) is 3.70. The fraction of sp³-hybridized carbons (Fsp3) is 0.700. The van der Waals surface area contributed by atoms with Gasteiger partial charge in [0.25, 0.3) is 0 Å². The minimum Gasteiger partial charge on any atom is -0.320 e. The molecule has 0 saturated carbocycles. The number of hydrogen-bond donors (Lipinski definition) is 1. The molecule has 0 aromatic carbocycles. The molecule has 17 heavy (non-hydrogen) atoms. The maximum Gasteiger partial charge on any atom is 0.403 e. The quantitative estimate of drug-likeness (QED) is 0.917. The van der Waals surface area contributed by atoms with E-state index in [1.54, 1.807) is 7.05 Å². The summed E-state index contributed by atoms with van der Waals surface area (Å²) in [7, 11) is 1.59. The van der Waals surface area contributed by atoms with E-state index in [1.807, 2.05) is 13.8 Å². The van der Waals surface area contributed by atoms with Gasteiger partial charge in [-0.05, 0) is 5.92 Å². The average Bonchev–Trinajstić information content (AvgIpc) is 2.44. The van der Waals surface area contributed by atoms with Crippen LogP contribution in [0.15, 0.2) is 0 Å². The third kappa shape index (κ3) is 3.13. The standard InChI is InChI=1S/C10H15ClF3N3/c1-5(2)8-6(9(11)17(3)16-8)4-7(15)10(12,13)14/h5,7H,4,15H2,1-3H3. The molecule has 1 rings (SSSR count). The molecule has 0 aliphatic carbocycles. The number of aryl methyl sites for hydroxylation is 1. The van der Waals surface area contributed by atoms with Crippen molar-refractivity contribution in [1.29, 1.82) is 0 Å². The molecule has 0 fully saturated rings. The van der Waals surface area contributed by atoms with E-state index in [1.165, 1.54) is 4.68 Å². The summed E-state index contributed by atoms with van der Waals surface area (Å²) in [6, 6.07) is -1.92. The van der Waals surface area contributed by atoms with E-state index < -0.39 is 12.2 Å². The highest BCUT2D eigenvalue weighted by Crippen LogP contribution is 2.29. The van der Waals surface area contributed by atoms with Crippen molar-refractivity contribution in [2.24, 2.45) is 12.8 Å². The first-order valence-corrected chi connectivity index (χ1v) is 5.56. The lowest BCUT2D eigenvalue weighted by atomic mass is 10.0. The number of hydrogen-bond acceptors (Lipinski definition) is 2. The first-order valence-electron chi connectivity index (χ1n) is 5.18. The van der Waals surface area contributed by atoms with Gasteiger partial charge in [-0.25, -0.2) is 0 Å². The zero-order valence-corrected chi connectivity index (χ0v) is 10.6. The van der Waals surface area contributed by atoms with Crippen LogP contribution in [0.2, 0.25) is 5.15 Å². The van der Waals surface area contributed by atoms with Crippen LogP contribution in [-0.4, -0.2) is 22.0 Å². The molecule has 0 bridgehead atoms. The van der Waals surface area contributed by atoms with Crippen molar-refractivity contribution in [3.05, 3.63) is 16.4 Å². The number of nitrogens with zero attached hydrogens (tertiary/aromatic N) is 2. The zero-order valence-electron chi connectivity index (χ0n) is 9.85. The van der Waals surface area contributed by atoms with Gasteiger partial charge in [0.15, 0.2) is 0 Å². The van der Waals surface area contributed by atoms with Crippen LogP contribution in [0, 0.1) is 0 Å². The molecule has 1 aromatic heterocycles. The van der Waals surface area contributed by atoms with Crippen molar-refractivity contribution in [1.82, 2.24) is 9.78 Å². The minimum atomic E-state index is -4.42. The van der Waals surface area contributed by atoms with E-state index >= 15 is 0 Å². The van der Waals surface area contributed by atoms with Crippen molar-refractivity contribution in [3.8, 4) is 0 Å². The highest BCUT2D eigenvalue weighted by Gasteiger charge is 2.38. The van der Waals surface area contributed by atoms with E-state index in [0.29, 0.717) is 11.3 Å². The summed E-state index contributed by atoms with van der Waals surface area (Å²) >= 11 is 5.93. The Kier molecular flexibility index (Phi) is 4.09. The minimum absolute atomic E-state index is 0.00383. The molecule has 98 valence electrons. The largest absolute Gasteiger partial charge is 0.403 e. The topological polar surface area (TPSA) is 43.8 Å². The highest BCUT2D eigenvalue weighted by molar-refractivity contribution is 6.30. The molecule has 0 radical (unpaired) electrons. The van der Waals surface area contributed by atoms with Crippen LogP contribution in [0.4, 0.5) is 13.2 Å². The Morgan fingerprint density at radius 3 is 2.35 bits per heavy atom. The Hall–Kier alpha value is -0.750. The maximum absolute atomic E-state index is 12.4. The van der Waals surface area contributed by atoms with Crippen LogP contribution in [0.25, 0.3) is 0 Å². The van der Waals surface area contributed by atoms with Crippen LogP contribution >= 0.6 is 11.6 Å². The molecule has 0 amide bonds. The summed E-state index contributed by atoms with van der Waals surface area (Å²) < 4.78 is 38.6. The number of aromatic nitrogens is 2. The average molecular weight is 270 g/mol. The highest BCUT2D eigenvalue weighted by atomic mass is 35.5. The second kappa shape index (κ2) is 4.86. The van der Waals surface area contributed by atoms with Gasteiger partial charge in [-0.15, -0.1) is 0 Å². The molecular weight excluding hydrogens is 255 g/mol. The second-order valence-electron chi connectivity index (χ2n) is 4.29. The summed E-state index contributed by atoms with van der Waals surface area (Å²) in [5, 5.41) is 4.32. The molecule has 1 aromatic rings. The van der Waals surface area contributed by atoms with Gasteiger partial charge in [0.05, 0.1) is 5.69 Å². The van der Waals surface area contributed by atoms with Gasteiger partial charge >= 0.3 is 6.18 Å². The van der Waals surface area contributed by atoms with Gasteiger partial charge < -0.3 is 5.73 Å². The van der Waals surface area contributed by atoms with E-state index in [4.69, 9.17) is 17.3 Å². The predicted molar refractivity (Wildman–Crippen MR) is 60.0 cm³/mol. The second-order valence-corrected chi connectivity index (χ2v) is 4.64. The molecule has 0 spiro atoms. The predicted octanol–water partition coefficient (Wildman–Crippen LogP) is 2.63. The lowest BCUT2D eigenvalue weighted by Crippen LogP contribution is -2.39. The fourth-order valence-corrected chi connectivity index (χ4v) is 1.77. The zero-order chi connectivity index (χ0) is 13.4. The number of nitrogens with two attached hydrogens (primary N) is 1. The number of rotatable bonds is 3. The van der Waals surface area contributed by atoms with Gasteiger partial charge in [0, 0.05) is 19.0 Å². The maximum atomic E-state index is 12.4. The summed E-state index contributed by atoms with van der Waals surface area (Å²) in [5.74, 6) is 0.00383. The normalized spacial score (nSPS) is 14.4. The van der Waals surface area contributed by atoms with Gasteiger partial charge in [-0.3, -0.25) is 4.68 Å². The van der Waals surface area contributed by atoms with Crippen molar-refractivity contribution < 1.29 is 13.2 Å². The first kappa shape index (κ1) is 14.3. The van der Waals surface area contributed by atoms with E-state index in [2.05, 4.69) is 5.10 Å². The molecule has 3 nitrogen and oxygen atoms in total. The van der Waals surface area contributed by atoms with Gasteiger partial charge in [-0.2, -0.15) is 18.3 Å². The molecule has 1 atom stereocenters. The smallest absolute Gasteiger partial charge is 0.320 e. The molecule has 0 aliphatic rings. The van der Waals surface area contributed by atoms with Gasteiger partial charge in [-0.1, -0.05) is 25.4 Å². The van der Waals surface area contributed by atoms with Crippen LogP contribution in [0.5, 0.6) is 0 Å². The Morgan fingerprint density at radius 2 is 1.94 bits per heavy atom. The molecule has 7 heteroatoms. The van der Waals surface area contributed by atoms with Crippen molar-refractivity contribution >= 4 is 11.6 Å². The first-order chi connectivity index (χ1) is 7.64. The van der Waals surface area contributed by atoms with Crippen LogP contribution in [-0.2, 0) is 13.5 Å². The van der Waals surface area contributed by atoms with Crippen LogP contribution in [0.3, 0.4) is 0 Å². The number of halogens is 4. The molecule has 2 N–H and O–H groups in total. The SMILES string of the molecule is CC(C)c1nn(C)c(Cl)c1CC(N)C(F)(F)F. The van der Waals surface area contributed by atoms with E-state index in [0.717, 1.165) is 0 Å².